The van der Waals surface area contributed by atoms with Gasteiger partial charge >= 0.3 is 0 Å². The fourth-order valence-corrected chi connectivity index (χ4v) is 3.07. The molecule has 1 N–H and O–H groups in total. The van der Waals surface area contributed by atoms with Crippen LogP contribution in [0.5, 0.6) is 0 Å². The van der Waals surface area contributed by atoms with Crippen LogP contribution < -0.4 is 0 Å². The minimum Gasteiger partial charge on any atom is -0.289 e. The van der Waals surface area contributed by atoms with Gasteiger partial charge in [-0.2, -0.15) is 5.10 Å². The molecule has 3 nitrogen and oxygen atoms in total. The third-order valence-corrected chi connectivity index (χ3v) is 4.32. The summed E-state index contributed by atoms with van der Waals surface area (Å²) >= 11 is 0. The minimum atomic E-state index is -0.919. The van der Waals surface area contributed by atoms with Gasteiger partial charge in [0.1, 0.15) is 0 Å². The first-order valence-corrected chi connectivity index (χ1v) is 7.87. The molecule has 0 saturated heterocycles. The lowest BCUT2D eigenvalue weighted by atomic mass is 10.1. The van der Waals surface area contributed by atoms with Crippen LogP contribution in [0.4, 0.5) is 8.78 Å². The van der Waals surface area contributed by atoms with Gasteiger partial charge in [-0.3, -0.25) is 9.89 Å². The number of carbonyl (C=O) groups is 1. The van der Waals surface area contributed by atoms with Crippen LogP contribution in [0.15, 0.2) is 48.0 Å². The van der Waals surface area contributed by atoms with Crippen molar-refractivity contribution in [1.29, 1.82) is 0 Å². The molecule has 3 aromatic rings. The molecular weight excluding hydrogens is 322 g/mol. The number of H-pyrrole nitrogens is 1. The number of rotatable bonds is 2. The summed E-state index contributed by atoms with van der Waals surface area (Å²) in [5, 5.41) is 6.95. The zero-order valence-corrected chi connectivity index (χ0v) is 13.4. The van der Waals surface area contributed by atoms with E-state index in [0.29, 0.717) is 28.9 Å². The number of benzene rings is 2. The number of Topliss-reactive ketones (excluding diaryl/α,β-unsaturated/α-hetero) is 1. The van der Waals surface area contributed by atoms with Crippen molar-refractivity contribution in [2.45, 2.75) is 13.3 Å². The smallest absolute Gasteiger partial charge is 0.189 e. The summed E-state index contributed by atoms with van der Waals surface area (Å²) in [5.41, 5.74) is 5.17. The van der Waals surface area contributed by atoms with E-state index in [9.17, 15) is 13.6 Å². The Labute approximate surface area is 143 Å². The van der Waals surface area contributed by atoms with Gasteiger partial charge in [0.15, 0.2) is 17.4 Å². The average Bonchev–Trinajstić information content (AvgIpc) is 3.16. The Hall–Kier alpha value is -3.08. The Morgan fingerprint density at radius 1 is 1.08 bits per heavy atom. The van der Waals surface area contributed by atoms with Crippen LogP contribution in [-0.2, 0) is 6.42 Å². The van der Waals surface area contributed by atoms with Crippen LogP contribution >= 0.6 is 0 Å². The number of hydrogen-bond acceptors (Lipinski definition) is 2. The average molecular weight is 336 g/mol. The number of carbonyl (C=O) groups excluding carboxylic acids is 1. The first kappa shape index (κ1) is 15.4. The maximum atomic E-state index is 13.4. The zero-order valence-electron chi connectivity index (χ0n) is 13.4. The van der Waals surface area contributed by atoms with Crippen LogP contribution in [0, 0.1) is 18.6 Å². The number of halogens is 2. The summed E-state index contributed by atoms with van der Waals surface area (Å²) in [6.45, 7) is 2.00. The molecule has 0 radical (unpaired) electrons. The number of nitrogens with one attached hydrogen (secondary N) is 1. The van der Waals surface area contributed by atoms with Gasteiger partial charge in [0, 0.05) is 23.1 Å². The fraction of sp³-hybridized carbons (Fsp3) is 0.100. The van der Waals surface area contributed by atoms with Crippen molar-refractivity contribution in [3.63, 3.8) is 0 Å². The molecule has 4 rings (SSSR count). The fourth-order valence-electron chi connectivity index (χ4n) is 3.07. The van der Waals surface area contributed by atoms with Gasteiger partial charge in [0.2, 0.25) is 0 Å². The highest BCUT2D eigenvalue weighted by Crippen LogP contribution is 2.29. The van der Waals surface area contributed by atoms with Crippen LogP contribution in [0.2, 0.25) is 0 Å². The Balaban J connectivity index is 1.64. The maximum absolute atomic E-state index is 13.4. The quantitative estimate of drug-likeness (QED) is 0.701. The molecule has 0 unspecified atom stereocenters. The topological polar surface area (TPSA) is 45.8 Å². The molecule has 0 bridgehead atoms. The van der Waals surface area contributed by atoms with E-state index >= 15 is 0 Å². The summed E-state index contributed by atoms with van der Waals surface area (Å²) in [6, 6.07) is 11.1. The molecule has 0 atom stereocenters. The summed E-state index contributed by atoms with van der Waals surface area (Å²) in [4.78, 5) is 12.5. The van der Waals surface area contributed by atoms with Gasteiger partial charge in [-0.15, -0.1) is 0 Å². The predicted molar refractivity (Wildman–Crippen MR) is 91.1 cm³/mol. The Morgan fingerprint density at radius 2 is 1.92 bits per heavy atom. The van der Waals surface area contributed by atoms with E-state index in [4.69, 9.17) is 0 Å². The largest absolute Gasteiger partial charge is 0.289 e. The summed E-state index contributed by atoms with van der Waals surface area (Å²) in [7, 11) is 0. The van der Waals surface area contributed by atoms with E-state index in [1.807, 2.05) is 25.1 Å². The molecule has 0 saturated carbocycles. The zero-order chi connectivity index (χ0) is 17.6. The van der Waals surface area contributed by atoms with Crippen molar-refractivity contribution in [2.24, 2.45) is 0 Å². The molecule has 0 amide bonds. The Bertz CT molecular complexity index is 1030. The van der Waals surface area contributed by atoms with Crippen LogP contribution in [0.25, 0.3) is 17.3 Å². The minimum absolute atomic E-state index is 0.0129. The second kappa shape index (κ2) is 5.77. The lowest BCUT2D eigenvalue weighted by molar-refractivity contribution is 0.104. The highest BCUT2D eigenvalue weighted by molar-refractivity contribution is 6.15. The van der Waals surface area contributed by atoms with E-state index < -0.39 is 11.6 Å². The molecule has 25 heavy (non-hydrogen) atoms. The summed E-state index contributed by atoms with van der Waals surface area (Å²) in [5.74, 6) is -1.80. The van der Waals surface area contributed by atoms with Crippen LogP contribution in [0.3, 0.4) is 0 Å². The third-order valence-electron chi connectivity index (χ3n) is 4.32. The van der Waals surface area contributed by atoms with E-state index in [-0.39, 0.29) is 5.78 Å². The molecule has 0 aliphatic heterocycles. The standard InChI is InChI=1S/C20H14F2N2O/c1-11-2-4-16-13(6-11)7-14(20(16)25)8-15-10-19(24-23-15)12-3-5-17(21)18(22)9-12/h2-6,8-10H,7H2,1H3,(H,23,24)/b14-8+. The van der Waals surface area contributed by atoms with Crippen molar-refractivity contribution in [1.82, 2.24) is 10.2 Å². The Kier molecular flexibility index (Phi) is 3.57. The second-order valence-corrected chi connectivity index (χ2v) is 6.17. The number of hydrogen-bond donors (Lipinski definition) is 1. The summed E-state index contributed by atoms with van der Waals surface area (Å²) < 4.78 is 26.4. The predicted octanol–water partition coefficient (Wildman–Crippen LogP) is 4.49. The Morgan fingerprint density at radius 3 is 2.72 bits per heavy atom. The molecule has 1 aromatic heterocycles. The molecule has 1 aliphatic rings. The normalized spacial score (nSPS) is 15.0. The lowest BCUT2D eigenvalue weighted by Gasteiger charge is -1.97. The second-order valence-electron chi connectivity index (χ2n) is 6.17. The van der Waals surface area contributed by atoms with Gasteiger partial charge in [-0.1, -0.05) is 23.8 Å². The number of allylic oxidation sites excluding steroid dienone is 1. The first-order valence-electron chi connectivity index (χ1n) is 7.87. The van der Waals surface area contributed by atoms with E-state index in [1.54, 1.807) is 12.1 Å². The number of aromatic amines is 1. The van der Waals surface area contributed by atoms with Gasteiger partial charge in [-0.25, -0.2) is 8.78 Å². The molecule has 124 valence electrons. The monoisotopic (exact) mass is 336 g/mol. The summed E-state index contributed by atoms with van der Waals surface area (Å²) in [6.07, 6.45) is 2.34. The lowest BCUT2D eigenvalue weighted by Crippen LogP contribution is -1.95. The SMILES string of the molecule is Cc1ccc2c(c1)C/C(=C\c1cc(-c3ccc(F)c(F)c3)n[nH]1)C2=O. The number of aryl methyl sites for hydroxylation is 1. The van der Waals surface area contributed by atoms with Crippen molar-refractivity contribution < 1.29 is 13.6 Å². The highest BCUT2D eigenvalue weighted by Gasteiger charge is 2.24. The van der Waals surface area contributed by atoms with E-state index in [1.165, 1.54) is 6.07 Å². The first-order chi connectivity index (χ1) is 12.0. The van der Waals surface area contributed by atoms with Crippen molar-refractivity contribution >= 4 is 11.9 Å². The molecule has 1 heterocycles. The molecule has 2 aromatic carbocycles. The number of ketones is 1. The van der Waals surface area contributed by atoms with Crippen molar-refractivity contribution in [2.75, 3.05) is 0 Å². The molecular formula is C20H14F2N2O. The van der Waals surface area contributed by atoms with Crippen molar-refractivity contribution in [3.05, 3.63) is 82.1 Å². The number of aromatic nitrogens is 2. The third kappa shape index (κ3) is 2.78. The van der Waals surface area contributed by atoms with Crippen LogP contribution in [0.1, 0.15) is 27.2 Å². The van der Waals surface area contributed by atoms with Gasteiger partial charge in [0.05, 0.1) is 11.4 Å². The van der Waals surface area contributed by atoms with Gasteiger partial charge in [-0.05, 0) is 42.8 Å². The van der Waals surface area contributed by atoms with E-state index in [0.717, 1.165) is 28.8 Å². The molecule has 0 spiro atoms. The van der Waals surface area contributed by atoms with Gasteiger partial charge < -0.3 is 0 Å². The van der Waals surface area contributed by atoms with Crippen molar-refractivity contribution in [3.8, 4) is 11.3 Å². The van der Waals surface area contributed by atoms with E-state index in [2.05, 4.69) is 10.2 Å². The highest BCUT2D eigenvalue weighted by atomic mass is 19.2. The number of nitrogens with zero attached hydrogens (tertiary/aromatic N) is 1. The maximum Gasteiger partial charge on any atom is 0.189 e. The van der Waals surface area contributed by atoms with Gasteiger partial charge in [0.25, 0.3) is 0 Å². The van der Waals surface area contributed by atoms with Crippen LogP contribution in [-0.4, -0.2) is 16.0 Å². The molecule has 1 aliphatic carbocycles. The number of fused-ring (bicyclic) bond motifs is 1. The molecule has 0 fully saturated rings. The molecule has 5 heteroatoms.